The Kier molecular flexibility index (Phi) is 3.76. The molecule has 0 N–H and O–H groups in total. The maximum Gasteiger partial charge on any atom is 0.127 e. The molecule has 1 unspecified atom stereocenters. The van der Waals surface area contributed by atoms with Crippen LogP contribution in [0, 0.1) is 0 Å². The molecule has 104 valence electrons. The molecule has 0 aliphatic heterocycles. The van der Waals surface area contributed by atoms with Crippen molar-refractivity contribution in [3.05, 3.63) is 40.9 Å². The third-order valence-electron chi connectivity index (χ3n) is 3.12. The molecule has 1 atom stereocenters. The lowest BCUT2D eigenvalue weighted by atomic mass is 10.3. The first-order chi connectivity index (χ1) is 9.65. The van der Waals surface area contributed by atoms with E-state index >= 15 is 0 Å². The van der Waals surface area contributed by atoms with E-state index in [1.807, 2.05) is 25.3 Å². The SMILES string of the molecule is CC(Cl)c1nc2ccc(Br)cc2n1CCn1ccnn1. The van der Waals surface area contributed by atoms with Gasteiger partial charge >= 0.3 is 0 Å². The molecule has 7 heteroatoms. The van der Waals surface area contributed by atoms with Crippen molar-refractivity contribution in [2.45, 2.75) is 25.4 Å². The average Bonchev–Trinajstić information content (AvgIpc) is 3.03. The Bertz CT molecular complexity index is 720. The lowest BCUT2D eigenvalue weighted by molar-refractivity contribution is 0.515. The summed E-state index contributed by atoms with van der Waals surface area (Å²) in [6.45, 7) is 3.42. The monoisotopic (exact) mass is 353 g/mol. The van der Waals surface area contributed by atoms with E-state index in [2.05, 4.69) is 41.9 Å². The van der Waals surface area contributed by atoms with Gasteiger partial charge in [-0.2, -0.15) is 0 Å². The number of alkyl halides is 1. The second kappa shape index (κ2) is 5.54. The molecule has 0 radical (unpaired) electrons. The fourth-order valence-corrected chi connectivity index (χ4v) is 2.72. The van der Waals surface area contributed by atoms with Gasteiger partial charge in [0.05, 0.1) is 29.2 Å². The van der Waals surface area contributed by atoms with Crippen molar-refractivity contribution in [2.24, 2.45) is 0 Å². The Labute approximate surface area is 129 Å². The van der Waals surface area contributed by atoms with Crippen molar-refractivity contribution in [1.82, 2.24) is 24.5 Å². The number of hydrogen-bond acceptors (Lipinski definition) is 3. The van der Waals surface area contributed by atoms with Gasteiger partial charge in [-0.25, -0.2) is 4.98 Å². The summed E-state index contributed by atoms with van der Waals surface area (Å²) in [7, 11) is 0. The molecule has 3 rings (SSSR count). The van der Waals surface area contributed by atoms with Crippen molar-refractivity contribution in [3.8, 4) is 0 Å². The summed E-state index contributed by atoms with van der Waals surface area (Å²) >= 11 is 9.75. The van der Waals surface area contributed by atoms with Crippen molar-refractivity contribution >= 4 is 38.6 Å². The van der Waals surface area contributed by atoms with E-state index in [1.165, 1.54) is 0 Å². The largest absolute Gasteiger partial charge is 0.325 e. The third-order valence-corrected chi connectivity index (χ3v) is 3.81. The van der Waals surface area contributed by atoms with E-state index in [9.17, 15) is 0 Å². The van der Waals surface area contributed by atoms with Gasteiger partial charge in [0.1, 0.15) is 5.82 Å². The molecule has 5 nitrogen and oxygen atoms in total. The lowest BCUT2D eigenvalue weighted by Gasteiger charge is -2.10. The van der Waals surface area contributed by atoms with E-state index in [1.54, 1.807) is 10.9 Å². The number of nitrogens with zero attached hydrogens (tertiary/aromatic N) is 5. The van der Waals surface area contributed by atoms with Gasteiger partial charge in [-0.3, -0.25) is 4.68 Å². The molecule has 0 fully saturated rings. The lowest BCUT2D eigenvalue weighted by Crippen LogP contribution is -2.11. The summed E-state index contributed by atoms with van der Waals surface area (Å²) in [5.41, 5.74) is 2.02. The first kappa shape index (κ1) is 13.6. The summed E-state index contributed by atoms with van der Waals surface area (Å²) < 4.78 is 4.96. The molecular weight excluding hydrogens is 342 g/mol. The maximum absolute atomic E-state index is 6.25. The number of aromatic nitrogens is 5. The summed E-state index contributed by atoms with van der Waals surface area (Å²) in [4.78, 5) is 4.62. The predicted molar refractivity (Wildman–Crippen MR) is 81.7 cm³/mol. The van der Waals surface area contributed by atoms with Crippen molar-refractivity contribution < 1.29 is 0 Å². The maximum atomic E-state index is 6.25. The summed E-state index contributed by atoms with van der Waals surface area (Å²) in [5.74, 6) is 0.875. The number of halogens is 2. The Balaban J connectivity index is 2.01. The van der Waals surface area contributed by atoms with Crippen LogP contribution in [0.5, 0.6) is 0 Å². The van der Waals surface area contributed by atoms with Gasteiger partial charge in [0.15, 0.2) is 0 Å². The standard InChI is InChI=1S/C13H13BrClN5/c1-9(15)13-17-11-3-2-10(14)8-12(11)20(13)7-6-19-5-4-16-18-19/h2-5,8-9H,6-7H2,1H3. The van der Waals surface area contributed by atoms with Crippen LogP contribution < -0.4 is 0 Å². The highest BCUT2D eigenvalue weighted by Crippen LogP contribution is 2.26. The van der Waals surface area contributed by atoms with Crippen LogP contribution in [0.25, 0.3) is 11.0 Å². The molecule has 3 aromatic rings. The molecule has 0 spiro atoms. The van der Waals surface area contributed by atoms with E-state index in [0.29, 0.717) is 0 Å². The van der Waals surface area contributed by atoms with E-state index in [0.717, 1.165) is 34.4 Å². The number of hydrogen-bond donors (Lipinski definition) is 0. The highest BCUT2D eigenvalue weighted by Gasteiger charge is 2.15. The molecule has 0 amide bonds. The zero-order valence-electron chi connectivity index (χ0n) is 10.9. The third kappa shape index (κ3) is 2.58. The molecule has 0 aliphatic rings. The molecule has 2 aromatic heterocycles. The summed E-state index contributed by atoms with van der Waals surface area (Å²) in [6.07, 6.45) is 3.52. The van der Waals surface area contributed by atoms with Crippen LogP contribution in [0.1, 0.15) is 18.1 Å². The minimum atomic E-state index is -0.142. The second-order valence-corrected chi connectivity index (χ2v) is 6.11. The smallest absolute Gasteiger partial charge is 0.127 e. The molecular formula is C13H13BrClN5. The summed E-state index contributed by atoms with van der Waals surface area (Å²) in [6, 6.07) is 6.04. The van der Waals surface area contributed by atoms with Gasteiger partial charge in [0, 0.05) is 17.2 Å². The quantitative estimate of drug-likeness (QED) is 0.675. The van der Waals surface area contributed by atoms with Gasteiger partial charge in [-0.1, -0.05) is 21.1 Å². The Morgan fingerprint density at radius 3 is 2.90 bits per heavy atom. The topological polar surface area (TPSA) is 48.5 Å². The zero-order valence-corrected chi connectivity index (χ0v) is 13.2. The van der Waals surface area contributed by atoms with Gasteiger partial charge in [0.2, 0.25) is 0 Å². The Morgan fingerprint density at radius 1 is 1.35 bits per heavy atom. The van der Waals surface area contributed by atoms with Gasteiger partial charge in [0.25, 0.3) is 0 Å². The normalized spacial score (nSPS) is 12.9. The summed E-state index contributed by atoms with van der Waals surface area (Å²) in [5, 5.41) is 7.65. The van der Waals surface area contributed by atoms with Crippen LogP contribution in [0.3, 0.4) is 0 Å². The van der Waals surface area contributed by atoms with Crippen molar-refractivity contribution in [2.75, 3.05) is 0 Å². The molecule has 0 aliphatic carbocycles. The highest BCUT2D eigenvalue weighted by atomic mass is 79.9. The average molecular weight is 355 g/mol. The zero-order chi connectivity index (χ0) is 14.1. The van der Waals surface area contributed by atoms with Crippen molar-refractivity contribution in [1.29, 1.82) is 0 Å². The number of imidazole rings is 1. The first-order valence-electron chi connectivity index (χ1n) is 6.29. The van der Waals surface area contributed by atoms with Gasteiger partial charge in [-0.15, -0.1) is 16.7 Å². The highest BCUT2D eigenvalue weighted by molar-refractivity contribution is 9.10. The van der Waals surface area contributed by atoms with E-state index < -0.39 is 0 Å². The van der Waals surface area contributed by atoms with Crippen LogP contribution in [-0.2, 0) is 13.1 Å². The molecule has 0 bridgehead atoms. The Morgan fingerprint density at radius 2 is 2.20 bits per heavy atom. The fraction of sp³-hybridized carbons (Fsp3) is 0.308. The fourth-order valence-electron chi connectivity index (χ4n) is 2.21. The minimum absolute atomic E-state index is 0.142. The van der Waals surface area contributed by atoms with Gasteiger partial charge < -0.3 is 4.57 Å². The van der Waals surface area contributed by atoms with Gasteiger partial charge in [-0.05, 0) is 25.1 Å². The van der Waals surface area contributed by atoms with Crippen molar-refractivity contribution in [3.63, 3.8) is 0 Å². The van der Waals surface area contributed by atoms with Crippen LogP contribution in [-0.4, -0.2) is 24.5 Å². The molecule has 0 saturated heterocycles. The van der Waals surface area contributed by atoms with Crippen LogP contribution in [0.15, 0.2) is 35.1 Å². The van der Waals surface area contributed by atoms with Crippen LogP contribution >= 0.6 is 27.5 Å². The number of aryl methyl sites for hydroxylation is 2. The van der Waals surface area contributed by atoms with E-state index in [-0.39, 0.29) is 5.38 Å². The molecule has 2 heterocycles. The minimum Gasteiger partial charge on any atom is -0.325 e. The molecule has 1 aromatic carbocycles. The van der Waals surface area contributed by atoms with Crippen LogP contribution in [0.2, 0.25) is 0 Å². The van der Waals surface area contributed by atoms with Crippen LogP contribution in [0.4, 0.5) is 0 Å². The Hall–Kier alpha value is -1.40. The molecule has 0 saturated carbocycles. The first-order valence-corrected chi connectivity index (χ1v) is 7.52. The number of benzene rings is 1. The molecule has 20 heavy (non-hydrogen) atoms. The number of rotatable bonds is 4. The second-order valence-electron chi connectivity index (χ2n) is 4.54. The van der Waals surface area contributed by atoms with E-state index in [4.69, 9.17) is 11.6 Å². The predicted octanol–water partition coefficient (Wildman–Crippen LogP) is 3.39. The number of fused-ring (bicyclic) bond motifs is 1.